The Morgan fingerprint density at radius 3 is 2.57 bits per heavy atom. The van der Waals surface area contributed by atoms with E-state index in [2.05, 4.69) is 28.1 Å². The number of carbonyl (C=O) groups is 1. The van der Waals surface area contributed by atoms with Crippen LogP contribution in [0.3, 0.4) is 0 Å². The molecule has 2 nitrogen and oxygen atoms in total. The fraction of sp³-hybridized carbons (Fsp3) is 0.278. The molecule has 0 atom stereocenters. The molecule has 0 N–H and O–H groups in total. The number of hydrogen-bond acceptors (Lipinski definition) is 2. The number of halogens is 1. The Morgan fingerprint density at radius 1 is 1.10 bits per heavy atom. The molecule has 0 heterocycles. The van der Waals surface area contributed by atoms with Crippen molar-refractivity contribution in [2.24, 2.45) is 0 Å². The molecule has 2 aromatic carbocycles. The topological polar surface area (TPSA) is 26.3 Å². The van der Waals surface area contributed by atoms with Gasteiger partial charge in [0.15, 0.2) is 5.78 Å². The SMILES string of the molecule is CCOc1ccc(C(=O)c2ccc3c(c2)CCC3)cc1Br. The van der Waals surface area contributed by atoms with Crippen molar-refractivity contribution in [3.05, 3.63) is 63.1 Å². The van der Waals surface area contributed by atoms with E-state index in [4.69, 9.17) is 4.74 Å². The molecule has 0 bridgehead atoms. The van der Waals surface area contributed by atoms with Crippen LogP contribution in [0.15, 0.2) is 40.9 Å². The molecule has 2 aromatic rings. The molecule has 1 aliphatic rings. The molecule has 0 spiro atoms. The third-order valence-corrected chi connectivity index (χ3v) is 4.47. The standard InChI is InChI=1S/C18H17BrO2/c1-2-21-17-9-8-15(11-16(17)19)18(20)14-7-6-12-4-3-5-13(12)10-14/h6-11H,2-5H2,1H3. The number of hydrogen-bond donors (Lipinski definition) is 0. The minimum absolute atomic E-state index is 0.0634. The van der Waals surface area contributed by atoms with Gasteiger partial charge >= 0.3 is 0 Å². The van der Waals surface area contributed by atoms with Gasteiger partial charge in [-0.15, -0.1) is 0 Å². The summed E-state index contributed by atoms with van der Waals surface area (Å²) in [6, 6.07) is 11.6. The van der Waals surface area contributed by atoms with Crippen LogP contribution in [-0.2, 0) is 12.8 Å². The maximum atomic E-state index is 12.6. The Balaban J connectivity index is 1.90. The number of fused-ring (bicyclic) bond motifs is 1. The van der Waals surface area contributed by atoms with E-state index in [1.165, 1.54) is 17.5 Å². The zero-order valence-corrected chi connectivity index (χ0v) is 13.6. The van der Waals surface area contributed by atoms with Gasteiger partial charge in [-0.05, 0) is 77.5 Å². The van der Waals surface area contributed by atoms with Gasteiger partial charge in [0.05, 0.1) is 11.1 Å². The highest BCUT2D eigenvalue weighted by molar-refractivity contribution is 9.10. The van der Waals surface area contributed by atoms with Gasteiger partial charge in [0.2, 0.25) is 0 Å². The average Bonchev–Trinajstić information content (AvgIpc) is 2.96. The predicted molar refractivity (Wildman–Crippen MR) is 87.2 cm³/mol. The van der Waals surface area contributed by atoms with Gasteiger partial charge in [-0.3, -0.25) is 4.79 Å². The van der Waals surface area contributed by atoms with Crippen molar-refractivity contribution in [3.63, 3.8) is 0 Å². The van der Waals surface area contributed by atoms with E-state index in [1.807, 2.05) is 31.2 Å². The molecule has 0 amide bonds. The normalized spacial score (nSPS) is 13.0. The van der Waals surface area contributed by atoms with Crippen molar-refractivity contribution < 1.29 is 9.53 Å². The van der Waals surface area contributed by atoms with E-state index < -0.39 is 0 Å². The molecule has 0 aromatic heterocycles. The van der Waals surface area contributed by atoms with Gasteiger partial charge in [0.1, 0.15) is 5.75 Å². The lowest BCUT2D eigenvalue weighted by Crippen LogP contribution is -2.03. The first kappa shape index (κ1) is 14.3. The van der Waals surface area contributed by atoms with E-state index in [9.17, 15) is 4.79 Å². The van der Waals surface area contributed by atoms with E-state index in [0.717, 1.165) is 28.6 Å². The molecule has 0 fully saturated rings. The molecule has 0 saturated heterocycles. The quantitative estimate of drug-likeness (QED) is 0.759. The number of ether oxygens (including phenoxy) is 1. The van der Waals surface area contributed by atoms with Crippen LogP contribution in [0.5, 0.6) is 5.75 Å². The second-order valence-corrected chi connectivity index (χ2v) is 6.10. The van der Waals surface area contributed by atoms with Crippen molar-refractivity contribution in [2.45, 2.75) is 26.2 Å². The summed E-state index contributed by atoms with van der Waals surface area (Å²) in [5.41, 5.74) is 4.17. The molecule has 0 aliphatic heterocycles. The van der Waals surface area contributed by atoms with E-state index in [1.54, 1.807) is 0 Å². The minimum atomic E-state index is 0.0634. The van der Waals surface area contributed by atoms with Crippen molar-refractivity contribution in [2.75, 3.05) is 6.61 Å². The van der Waals surface area contributed by atoms with Gasteiger partial charge in [0, 0.05) is 11.1 Å². The maximum absolute atomic E-state index is 12.6. The van der Waals surface area contributed by atoms with Crippen LogP contribution in [0.25, 0.3) is 0 Å². The van der Waals surface area contributed by atoms with Gasteiger partial charge in [0.25, 0.3) is 0 Å². The summed E-state index contributed by atoms with van der Waals surface area (Å²) >= 11 is 3.46. The zero-order chi connectivity index (χ0) is 14.8. The first-order chi connectivity index (χ1) is 10.2. The molecular formula is C18H17BrO2. The number of rotatable bonds is 4. The molecule has 0 unspecified atom stereocenters. The number of benzene rings is 2. The number of ketones is 1. The molecular weight excluding hydrogens is 328 g/mol. The van der Waals surface area contributed by atoms with Crippen molar-refractivity contribution in [3.8, 4) is 5.75 Å². The zero-order valence-electron chi connectivity index (χ0n) is 12.0. The van der Waals surface area contributed by atoms with Crippen LogP contribution < -0.4 is 4.74 Å². The van der Waals surface area contributed by atoms with Gasteiger partial charge < -0.3 is 4.74 Å². The van der Waals surface area contributed by atoms with E-state index >= 15 is 0 Å². The highest BCUT2D eigenvalue weighted by atomic mass is 79.9. The van der Waals surface area contributed by atoms with Crippen molar-refractivity contribution >= 4 is 21.7 Å². The summed E-state index contributed by atoms with van der Waals surface area (Å²) < 4.78 is 6.30. The highest BCUT2D eigenvalue weighted by Crippen LogP contribution is 2.28. The van der Waals surface area contributed by atoms with E-state index in [-0.39, 0.29) is 5.78 Å². The fourth-order valence-electron chi connectivity index (χ4n) is 2.79. The summed E-state index contributed by atoms with van der Waals surface area (Å²) in [6.45, 7) is 2.55. The molecule has 108 valence electrons. The Hall–Kier alpha value is -1.61. The molecule has 3 heteroatoms. The lowest BCUT2D eigenvalue weighted by atomic mass is 9.99. The number of carbonyl (C=O) groups excluding carboxylic acids is 1. The first-order valence-electron chi connectivity index (χ1n) is 7.28. The second kappa shape index (κ2) is 6.02. The highest BCUT2D eigenvalue weighted by Gasteiger charge is 2.16. The first-order valence-corrected chi connectivity index (χ1v) is 8.07. The van der Waals surface area contributed by atoms with Gasteiger partial charge in [-0.2, -0.15) is 0 Å². The number of aryl methyl sites for hydroxylation is 2. The summed E-state index contributed by atoms with van der Waals surface area (Å²) in [4.78, 5) is 12.6. The van der Waals surface area contributed by atoms with Gasteiger partial charge in [-0.1, -0.05) is 12.1 Å². The molecule has 3 rings (SSSR count). The monoisotopic (exact) mass is 344 g/mol. The molecule has 0 saturated carbocycles. The smallest absolute Gasteiger partial charge is 0.193 e. The lowest BCUT2D eigenvalue weighted by Gasteiger charge is -2.08. The summed E-state index contributed by atoms with van der Waals surface area (Å²) in [5, 5.41) is 0. The fourth-order valence-corrected chi connectivity index (χ4v) is 3.29. The molecule has 21 heavy (non-hydrogen) atoms. The van der Waals surface area contributed by atoms with Crippen molar-refractivity contribution in [1.29, 1.82) is 0 Å². The predicted octanol–water partition coefficient (Wildman–Crippen LogP) is 4.57. The van der Waals surface area contributed by atoms with Crippen LogP contribution in [0.4, 0.5) is 0 Å². The minimum Gasteiger partial charge on any atom is -0.493 e. The maximum Gasteiger partial charge on any atom is 0.193 e. The van der Waals surface area contributed by atoms with Crippen molar-refractivity contribution in [1.82, 2.24) is 0 Å². The summed E-state index contributed by atoms with van der Waals surface area (Å²) in [7, 11) is 0. The van der Waals surface area contributed by atoms with Gasteiger partial charge in [-0.25, -0.2) is 0 Å². The second-order valence-electron chi connectivity index (χ2n) is 5.24. The average molecular weight is 345 g/mol. The Bertz CT molecular complexity index is 692. The van der Waals surface area contributed by atoms with Crippen LogP contribution in [-0.4, -0.2) is 12.4 Å². The Morgan fingerprint density at radius 2 is 1.81 bits per heavy atom. The van der Waals surface area contributed by atoms with E-state index in [0.29, 0.717) is 12.2 Å². The third kappa shape index (κ3) is 2.88. The van der Waals surface area contributed by atoms with Crippen LogP contribution in [0.2, 0.25) is 0 Å². The summed E-state index contributed by atoms with van der Waals surface area (Å²) in [6.07, 6.45) is 3.42. The van der Waals surface area contributed by atoms with Crippen LogP contribution >= 0.6 is 15.9 Å². The largest absolute Gasteiger partial charge is 0.493 e. The molecule has 1 aliphatic carbocycles. The Kier molecular flexibility index (Phi) is 4.11. The summed E-state index contributed by atoms with van der Waals surface area (Å²) in [5.74, 6) is 0.830. The third-order valence-electron chi connectivity index (χ3n) is 3.85. The van der Waals surface area contributed by atoms with Crippen LogP contribution in [0.1, 0.15) is 40.4 Å². The molecule has 0 radical (unpaired) electrons. The Labute approximate surface area is 133 Å². The van der Waals surface area contributed by atoms with Crippen LogP contribution in [0, 0.1) is 0 Å². The lowest BCUT2D eigenvalue weighted by molar-refractivity contribution is 0.103.